The molecule has 0 fully saturated rings. The number of nitrogens with one attached hydrogen (secondary N) is 2. The largest absolute Gasteiger partial charge is 0.497 e. The highest BCUT2D eigenvalue weighted by Gasteiger charge is 2.10. The first kappa shape index (κ1) is 16.4. The Morgan fingerprint density at radius 3 is 2.52 bits per heavy atom. The summed E-state index contributed by atoms with van der Waals surface area (Å²) in [4.78, 5) is 22.2. The lowest BCUT2D eigenvalue weighted by Crippen LogP contribution is -2.34. The fraction of sp³-hybridized carbons (Fsp3) is 0.0667. The first-order valence-corrected chi connectivity index (χ1v) is 6.91. The van der Waals surface area contributed by atoms with Gasteiger partial charge in [0.05, 0.1) is 12.0 Å². The molecule has 0 saturated carbocycles. The third kappa shape index (κ3) is 4.48. The number of rotatable bonds is 4. The third-order valence-electron chi connectivity index (χ3n) is 2.89. The average Bonchev–Trinajstić information content (AvgIpc) is 2.55. The molecule has 0 bridgehead atoms. The zero-order valence-corrected chi connectivity index (χ0v) is 12.9. The number of carbonyl (C=O) groups excluding carboxylic acids is 1. The summed E-state index contributed by atoms with van der Waals surface area (Å²) in [6.45, 7) is 0. The molecule has 2 N–H and O–H groups in total. The molecule has 118 valence electrons. The van der Waals surface area contributed by atoms with E-state index in [-0.39, 0.29) is 10.8 Å². The second kappa shape index (κ2) is 7.32. The summed E-state index contributed by atoms with van der Waals surface area (Å²) in [5.41, 5.74) is 0.757. The SMILES string of the molecule is COc1ccc(C(=O)NC(=S)Nc2cccc([N+](=O)[O-])c2)cc1. The van der Waals surface area contributed by atoms with Gasteiger partial charge in [-0.3, -0.25) is 20.2 Å². The van der Waals surface area contributed by atoms with Crippen LogP contribution in [0.25, 0.3) is 0 Å². The normalized spacial score (nSPS) is 9.78. The van der Waals surface area contributed by atoms with Crippen LogP contribution in [-0.4, -0.2) is 23.1 Å². The van der Waals surface area contributed by atoms with Crippen LogP contribution < -0.4 is 15.4 Å². The number of thiocarbonyl (C=S) groups is 1. The van der Waals surface area contributed by atoms with Crippen LogP contribution in [0.15, 0.2) is 48.5 Å². The average molecular weight is 331 g/mol. The number of methoxy groups -OCH3 is 1. The molecule has 2 rings (SSSR count). The fourth-order valence-electron chi connectivity index (χ4n) is 1.78. The van der Waals surface area contributed by atoms with Crippen LogP contribution in [0.2, 0.25) is 0 Å². The molecule has 0 aliphatic heterocycles. The maximum atomic E-state index is 12.0. The van der Waals surface area contributed by atoms with E-state index in [0.717, 1.165) is 0 Å². The predicted molar refractivity (Wildman–Crippen MR) is 89.8 cm³/mol. The number of anilines is 1. The molecule has 8 heteroatoms. The summed E-state index contributed by atoms with van der Waals surface area (Å²) >= 11 is 5.03. The topological polar surface area (TPSA) is 93.5 Å². The van der Waals surface area contributed by atoms with E-state index >= 15 is 0 Å². The highest BCUT2D eigenvalue weighted by atomic mass is 32.1. The van der Waals surface area contributed by atoms with Gasteiger partial charge >= 0.3 is 0 Å². The van der Waals surface area contributed by atoms with Crippen molar-refractivity contribution in [1.29, 1.82) is 0 Å². The van der Waals surface area contributed by atoms with Crippen molar-refractivity contribution in [2.45, 2.75) is 0 Å². The second-order valence-electron chi connectivity index (χ2n) is 4.44. The van der Waals surface area contributed by atoms with Gasteiger partial charge in [0.15, 0.2) is 5.11 Å². The van der Waals surface area contributed by atoms with Crippen LogP contribution in [0.4, 0.5) is 11.4 Å². The van der Waals surface area contributed by atoms with E-state index in [9.17, 15) is 14.9 Å². The number of non-ortho nitro benzene ring substituents is 1. The van der Waals surface area contributed by atoms with Crippen molar-refractivity contribution in [3.63, 3.8) is 0 Å². The highest BCUT2D eigenvalue weighted by molar-refractivity contribution is 7.80. The molecule has 0 saturated heterocycles. The number of nitro groups is 1. The molecule has 0 atom stereocenters. The lowest BCUT2D eigenvalue weighted by Gasteiger charge is -2.09. The number of ether oxygens (including phenoxy) is 1. The van der Waals surface area contributed by atoms with E-state index in [2.05, 4.69) is 10.6 Å². The molecule has 0 radical (unpaired) electrons. The summed E-state index contributed by atoms with van der Waals surface area (Å²) in [6.07, 6.45) is 0. The minimum absolute atomic E-state index is 0.0475. The van der Waals surface area contributed by atoms with Gasteiger partial charge in [-0.05, 0) is 42.5 Å². The zero-order valence-electron chi connectivity index (χ0n) is 12.1. The van der Waals surface area contributed by atoms with E-state index in [0.29, 0.717) is 17.0 Å². The van der Waals surface area contributed by atoms with Crippen LogP contribution >= 0.6 is 12.2 Å². The maximum Gasteiger partial charge on any atom is 0.271 e. The molecule has 0 aliphatic carbocycles. The quantitative estimate of drug-likeness (QED) is 0.508. The predicted octanol–water partition coefficient (Wildman–Crippen LogP) is 2.73. The molecule has 2 aromatic rings. The number of nitro benzene ring substituents is 1. The lowest BCUT2D eigenvalue weighted by molar-refractivity contribution is -0.384. The van der Waals surface area contributed by atoms with Gasteiger partial charge in [0.2, 0.25) is 0 Å². The fourth-order valence-corrected chi connectivity index (χ4v) is 1.99. The Labute approximate surface area is 137 Å². The van der Waals surface area contributed by atoms with Crippen molar-refractivity contribution in [1.82, 2.24) is 5.32 Å². The van der Waals surface area contributed by atoms with E-state index in [1.54, 1.807) is 30.3 Å². The van der Waals surface area contributed by atoms with Crippen molar-refractivity contribution in [2.75, 3.05) is 12.4 Å². The zero-order chi connectivity index (χ0) is 16.8. The van der Waals surface area contributed by atoms with Gasteiger partial charge in [-0.2, -0.15) is 0 Å². The molecule has 2 aromatic carbocycles. The molecule has 0 aliphatic rings. The summed E-state index contributed by atoms with van der Waals surface area (Å²) in [6, 6.07) is 12.3. The third-order valence-corrected chi connectivity index (χ3v) is 3.10. The smallest absolute Gasteiger partial charge is 0.271 e. The van der Waals surface area contributed by atoms with Gasteiger partial charge in [0.25, 0.3) is 11.6 Å². The standard InChI is InChI=1S/C15H13N3O4S/c1-22-13-7-5-10(6-8-13)14(19)17-15(23)16-11-3-2-4-12(9-11)18(20)21/h2-9H,1H3,(H2,16,17,19,23). The Morgan fingerprint density at radius 1 is 1.22 bits per heavy atom. The van der Waals surface area contributed by atoms with Gasteiger partial charge in [-0.15, -0.1) is 0 Å². The Hall–Kier alpha value is -3.00. The van der Waals surface area contributed by atoms with Crippen molar-refractivity contribution in [3.05, 3.63) is 64.2 Å². The minimum atomic E-state index is -0.510. The van der Waals surface area contributed by atoms with Gasteiger partial charge in [0.1, 0.15) is 5.75 Å². The van der Waals surface area contributed by atoms with E-state index in [4.69, 9.17) is 17.0 Å². The first-order valence-electron chi connectivity index (χ1n) is 6.50. The second-order valence-corrected chi connectivity index (χ2v) is 4.85. The van der Waals surface area contributed by atoms with Crippen LogP contribution in [0, 0.1) is 10.1 Å². The number of hydrogen-bond acceptors (Lipinski definition) is 5. The molecule has 7 nitrogen and oxygen atoms in total. The Kier molecular flexibility index (Phi) is 5.21. The van der Waals surface area contributed by atoms with E-state index in [1.807, 2.05) is 0 Å². The maximum absolute atomic E-state index is 12.0. The van der Waals surface area contributed by atoms with Gasteiger partial charge in [-0.25, -0.2) is 0 Å². The van der Waals surface area contributed by atoms with Crippen molar-refractivity contribution < 1.29 is 14.5 Å². The first-order chi connectivity index (χ1) is 11.0. The molecule has 0 spiro atoms. The number of nitrogens with zero attached hydrogens (tertiary/aromatic N) is 1. The van der Waals surface area contributed by atoms with Gasteiger partial charge in [-0.1, -0.05) is 6.07 Å². The molecule has 0 aromatic heterocycles. The Bertz CT molecular complexity index is 747. The highest BCUT2D eigenvalue weighted by Crippen LogP contribution is 2.17. The Balaban J connectivity index is 1.99. The summed E-state index contributed by atoms with van der Waals surface area (Å²) in [5.74, 6) is 0.245. The van der Waals surface area contributed by atoms with E-state index in [1.165, 1.54) is 25.3 Å². The Morgan fingerprint density at radius 2 is 1.91 bits per heavy atom. The molecule has 1 amide bonds. The number of hydrogen-bond donors (Lipinski definition) is 2. The number of amides is 1. The summed E-state index contributed by atoms with van der Waals surface area (Å²) < 4.78 is 5.01. The van der Waals surface area contributed by atoms with Gasteiger partial charge < -0.3 is 10.1 Å². The number of carbonyl (C=O) groups is 1. The van der Waals surface area contributed by atoms with Gasteiger partial charge in [0, 0.05) is 23.4 Å². The summed E-state index contributed by atoms with van der Waals surface area (Å²) in [7, 11) is 1.53. The molecule has 0 heterocycles. The number of benzene rings is 2. The van der Waals surface area contributed by atoms with Crippen LogP contribution in [-0.2, 0) is 0 Å². The van der Waals surface area contributed by atoms with Crippen molar-refractivity contribution in [2.24, 2.45) is 0 Å². The summed E-state index contributed by atoms with van der Waals surface area (Å²) in [5, 5.41) is 16.0. The lowest BCUT2D eigenvalue weighted by atomic mass is 10.2. The van der Waals surface area contributed by atoms with E-state index < -0.39 is 10.8 Å². The van der Waals surface area contributed by atoms with Crippen molar-refractivity contribution in [3.8, 4) is 5.75 Å². The molecular formula is C15H13N3O4S. The monoisotopic (exact) mass is 331 g/mol. The van der Waals surface area contributed by atoms with Crippen LogP contribution in [0.1, 0.15) is 10.4 Å². The molecular weight excluding hydrogens is 318 g/mol. The van der Waals surface area contributed by atoms with Crippen molar-refractivity contribution >= 4 is 34.6 Å². The minimum Gasteiger partial charge on any atom is -0.497 e. The molecule has 0 unspecified atom stereocenters. The van der Waals surface area contributed by atoms with Crippen LogP contribution in [0.3, 0.4) is 0 Å². The van der Waals surface area contributed by atoms with Crippen LogP contribution in [0.5, 0.6) is 5.75 Å². The molecule has 23 heavy (non-hydrogen) atoms.